The van der Waals surface area contributed by atoms with E-state index in [2.05, 4.69) is 11.9 Å². The third-order valence-corrected chi connectivity index (χ3v) is 7.23. The number of carbonyl (C=O) groups is 2. The molecule has 2 aromatic rings. The van der Waals surface area contributed by atoms with Gasteiger partial charge in [-0.3, -0.25) is 14.5 Å². The Morgan fingerprint density at radius 1 is 1.24 bits per heavy atom. The van der Waals surface area contributed by atoms with Gasteiger partial charge in [0.1, 0.15) is 6.61 Å². The minimum Gasteiger partial charge on any atom is -0.459 e. The first-order valence-electron chi connectivity index (χ1n) is 10.5. The molecule has 0 aliphatic heterocycles. The van der Waals surface area contributed by atoms with Crippen molar-refractivity contribution in [3.05, 3.63) is 40.9 Å². The van der Waals surface area contributed by atoms with Crippen molar-refractivity contribution in [3.63, 3.8) is 0 Å². The minimum atomic E-state index is -0.128. The lowest BCUT2D eigenvalue weighted by Gasteiger charge is -2.21. The molecule has 2 fully saturated rings. The van der Waals surface area contributed by atoms with E-state index in [-0.39, 0.29) is 18.5 Å². The zero-order chi connectivity index (χ0) is 20.4. The van der Waals surface area contributed by atoms with Crippen LogP contribution in [0.5, 0.6) is 0 Å². The van der Waals surface area contributed by atoms with Gasteiger partial charge in [0.15, 0.2) is 5.13 Å². The monoisotopic (exact) mass is 412 g/mol. The number of amides is 1. The van der Waals surface area contributed by atoms with Gasteiger partial charge in [-0.25, -0.2) is 4.98 Å². The molecule has 2 aliphatic rings. The lowest BCUT2D eigenvalue weighted by Crippen LogP contribution is -2.23. The number of esters is 1. The number of para-hydroxylation sites is 1. The highest BCUT2D eigenvalue weighted by Gasteiger charge is 2.40. The first-order chi connectivity index (χ1) is 14.0. The van der Waals surface area contributed by atoms with Gasteiger partial charge in [-0.2, -0.15) is 0 Å². The van der Waals surface area contributed by atoms with Crippen molar-refractivity contribution in [1.82, 2.24) is 4.98 Å². The van der Waals surface area contributed by atoms with Gasteiger partial charge < -0.3 is 4.74 Å². The number of aromatic nitrogens is 1. The van der Waals surface area contributed by atoms with Crippen molar-refractivity contribution in [2.24, 2.45) is 17.8 Å². The molecule has 0 unspecified atom stereocenters. The number of rotatable bonds is 7. The van der Waals surface area contributed by atoms with Gasteiger partial charge in [-0.1, -0.05) is 31.5 Å². The van der Waals surface area contributed by atoms with E-state index in [0.29, 0.717) is 23.2 Å². The maximum atomic E-state index is 12.4. The van der Waals surface area contributed by atoms with E-state index in [1.165, 1.54) is 37.0 Å². The molecule has 0 N–H and O–H groups in total. The summed E-state index contributed by atoms with van der Waals surface area (Å²) in [4.78, 5) is 30.9. The van der Waals surface area contributed by atoms with Gasteiger partial charge in [0, 0.05) is 18.7 Å². The first kappa shape index (κ1) is 20.1. The zero-order valence-corrected chi connectivity index (χ0v) is 17.9. The average molecular weight is 413 g/mol. The van der Waals surface area contributed by atoms with Crippen molar-refractivity contribution in [2.75, 3.05) is 4.90 Å². The summed E-state index contributed by atoms with van der Waals surface area (Å²) in [6, 6.07) is 7.87. The summed E-state index contributed by atoms with van der Waals surface area (Å²) in [5, 5.41) is 2.47. The number of fused-ring (bicyclic) bond motifs is 2. The molecule has 1 aromatic carbocycles. The standard InChI is InChI=1S/C23H28N2O3S/c1-3-17-6-4-5-7-21(17)25(15(2)26)23-24-20(14-29-23)13-28-22(27)12-19-11-16-8-9-18(19)10-16/h4-7,14,16,18-19H,3,8-13H2,1-2H3/t16-,18+,19+/m0/s1. The van der Waals surface area contributed by atoms with Crippen LogP contribution >= 0.6 is 11.3 Å². The first-order valence-corrected chi connectivity index (χ1v) is 11.4. The molecular weight excluding hydrogens is 384 g/mol. The number of nitrogens with zero attached hydrogens (tertiary/aromatic N) is 2. The lowest BCUT2D eigenvalue weighted by atomic mass is 9.86. The van der Waals surface area contributed by atoms with Crippen LogP contribution in [0.3, 0.4) is 0 Å². The summed E-state index contributed by atoms with van der Waals surface area (Å²) in [5.41, 5.74) is 2.64. The number of benzene rings is 1. The smallest absolute Gasteiger partial charge is 0.306 e. The highest BCUT2D eigenvalue weighted by molar-refractivity contribution is 7.14. The molecule has 0 radical (unpaired) electrons. The van der Waals surface area contributed by atoms with E-state index in [9.17, 15) is 9.59 Å². The molecule has 1 amide bonds. The van der Waals surface area contributed by atoms with Gasteiger partial charge in [0.2, 0.25) is 5.91 Å². The molecule has 2 aliphatic carbocycles. The predicted octanol–water partition coefficient (Wildman–Crippen LogP) is 5.26. The Bertz CT molecular complexity index is 894. The Balaban J connectivity index is 1.39. The Labute approximate surface area is 176 Å². The Morgan fingerprint density at radius 2 is 2.07 bits per heavy atom. The van der Waals surface area contributed by atoms with E-state index in [4.69, 9.17) is 4.74 Å². The Kier molecular flexibility index (Phi) is 5.99. The number of carbonyl (C=O) groups excluding carboxylic acids is 2. The summed E-state index contributed by atoms with van der Waals surface area (Å²) in [5.74, 6) is 1.85. The molecule has 29 heavy (non-hydrogen) atoms. The molecule has 2 bridgehead atoms. The van der Waals surface area contributed by atoms with Gasteiger partial charge in [0.05, 0.1) is 11.4 Å². The molecular formula is C23H28N2O3S. The topological polar surface area (TPSA) is 59.5 Å². The van der Waals surface area contributed by atoms with E-state index in [1.807, 2.05) is 29.6 Å². The largest absolute Gasteiger partial charge is 0.459 e. The van der Waals surface area contributed by atoms with E-state index < -0.39 is 0 Å². The number of ether oxygens (including phenoxy) is 1. The van der Waals surface area contributed by atoms with Gasteiger partial charge in [-0.05, 0) is 55.1 Å². The fraction of sp³-hybridized carbons (Fsp3) is 0.522. The van der Waals surface area contributed by atoms with Crippen LogP contribution in [0.15, 0.2) is 29.6 Å². The number of aryl methyl sites for hydroxylation is 1. The fourth-order valence-electron chi connectivity index (χ4n) is 4.95. The number of anilines is 2. The molecule has 4 rings (SSSR count). The van der Waals surface area contributed by atoms with E-state index in [1.54, 1.807) is 11.8 Å². The van der Waals surface area contributed by atoms with Crippen molar-refractivity contribution < 1.29 is 14.3 Å². The molecule has 1 heterocycles. The van der Waals surface area contributed by atoms with Crippen LogP contribution in [0.25, 0.3) is 0 Å². The van der Waals surface area contributed by atoms with Crippen LogP contribution in [-0.4, -0.2) is 16.9 Å². The van der Waals surface area contributed by atoms with Gasteiger partial charge >= 0.3 is 5.97 Å². The van der Waals surface area contributed by atoms with Crippen molar-refractivity contribution in [1.29, 1.82) is 0 Å². The van der Waals surface area contributed by atoms with Crippen LogP contribution in [-0.2, 0) is 27.4 Å². The molecule has 154 valence electrons. The second kappa shape index (κ2) is 8.66. The minimum absolute atomic E-state index is 0.0833. The molecule has 0 spiro atoms. The summed E-state index contributed by atoms with van der Waals surface area (Å²) in [6.07, 6.45) is 6.46. The highest BCUT2D eigenvalue weighted by Crippen LogP contribution is 2.49. The molecule has 1 aromatic heterocycles. The quantitative estimate of drug-likeness (QED) is 0.582. The Morgan fingerprint density at radius 3 is 2.76 bits per heavy atom. The molecule has 5 nitrogen and oxygen atoms in total. The second-order valence-corrected chi connectivity index (χ2v) is 9.09. The summed E-state index contributed by atoms with van der Waals surface area (Å²) < 4.78 is 5.50. The van der Waals surface area contributed by atoms with Gasteiger partial charge in [-0.15, -0.1) is 11.3 Å². The van der Waals surface area contributed by atoms with Crippen LogP contribution in [0.4, 0.5) is 10.8 Å². The van der Waals surface area contributed by atoms with Crippen LogP contribution in [0.1, 0.15) is 57.2 Å². The van der Waals surface area contributed by atoms with Gasteiger partial charge in [0.25, 0.3) is 0 Å². The second-order valence-electron chi connectivity index (χ2n) is 8.26. The zero-order valence-electron chi connectivity index (χ0n) is 17.1. The molecule has 3 atom stereocenters. The van der Waals surface area contributed by atoms with Crippen LogP contribution < -0.4 is 4.90 Å². The average Bonchev–Trinajstić information content (AvgIpc) is 3.44. The summed E-state index contributed by atoms with van der Waals surface area (Å²) >= 11 is 1.40. The third kappa shape index (κ3) is 4.37. The molecule has 0 saturated heterocycles. The number of thiazole rings is 1. The van der Waals surface area contributed by atoms with Crippen LogP contribution in [0.2, 0.25) is 0 Å². The molecule has 6 heteroatoms. The maximum Gasteiger partial charge on any atom is 0.306 e. The fourth-order valence-corrected chi connectivity index (χ4v) is 5.82. The predicted molar refractivity (Wildman–Crippen MR) is 114 cm³/mol. The summed E-state index contributed by atoms with van der Waals surface area (Å²) in [7, 11) is 0. The Hall–Kier alpha value is -2.21. The van der Waals surface area contributed by atoms with Crippen LogP contribution in [0, 0.1) is 17.8 Å². The van der Waals surface area contributed by atoms with Crippen molar-refractivity contribution in [2.45, 2.75) is 59.0 Å². The SMILES string of the molecule is CCc1ccccc1N(C(C)=O)c1nc(COC(=O)C[C@H]2C[C@H]3CC[C@@H]2C3)cs1. The summed E-state index contributed by atoms with van der Waals surface area (Å²) in [6.45, 7) is 3.78. The highest BCUT2D eigenvalue weighted by atomic mass is 32.1. The third-order valence-electron chi connectivity index (χ3n) is 6.35. The number of hydrogen-bond acceptors (Lipinski definition) is 5. The number of hydrogen-bond donors (Lipinski definition) is 0. The lowest BCUT2D eigenvalue weighted by molar-refractivity contribution is -0.146. The molecule has 2 saturated carbocycles. The van der Waals surface area contributed by atoms with Crippen molar-refractivity contribution >= 4 is 34.0 Å². The van der Waals surface area contributed by atoms with E-state index >= 15 is 0 Å². The normalized spacial score (nSPS) is 22.6. The van der Waals surface area contributed by atoms with E-state index in [0.717, 1.165) is 29.5 Å². The van der Waals surface area contributed by atoms with Crippen molar-refractivity contribution in [3.8, 4) is 0 Å². The maximum absolute atomic E-state index is 12.4.